The molecule has 0 amide bonds. The van der Waals surface area contributed by atoms with Crippen molar-refractivity contribution in [1.29, 1.82) is 0 Å². The maximum absolute atomic E-state index is 12.1. The molecule has 5 heteroatoms. The highest BCUT2D eigenvalue weighted by molar-refractivity contribution is 6.20. The van der Waals surface area contributed by atoms with Gasteiger partial charge in [-0.15, -0.1) is 11.6 Å². The van der Waals surface area contributed by atoms with Gasteiger partial charge < -0.3 is 4.74 Å². The van der Waals surface area contributed by atoms with E-state index in [0.29, 0.717) is 12.2 Å². The van der Waals surface area contributed by atoms with Gasteiger partial charge in [0.2, 0.25) is 0 Å². The van der Waals surface area contributed by atoms with Crippen LogP contribution in [0.5, 0.6) is 0 Å². The maximum Gasteiger partial charge on any atom is 0.390 e. The third-order valence-electron chi connectivity index (χ3n) is 2.35. The zero-order chi connectivity index (χ0) is 12.9. The van der Waals surface area contributed by atoms with Gasteiger partial charge in [0.15, 0.2) is 0 Å². The van der Waals surface area contributed by atoms with Crippen LogP contribution in [-0.4, -0.2) is 19.9 Å². The summed E-state index contributed by atoms with van der Waals surface area (Å²) >= 11 is 5.70. The molecule has 17 heavy (non-hydrogen) atoms. The third-order valence-corrected chi connectivity index (χ3v) is 2.75. The summed E-state index contributed by atoms with van der Waals surface area (Å²) in [5.74, 6) is 0. The van der Waals surface area contributed by atoms with Crippen molar-refractivity contribution in [2.75, 3.05) is 13.7 Å². The molecule has 0 spiro atoms. The van der Waals surface area contributed by atoms with Crippen molar-refractivity contribution >= 4 is 11.6 Å². The van der Waals surface area contributed by atoms with E-state index in [1.165, 1.54) is 0 Å². The molecule has 0 aromatic heterocycles. The second-order valence-electron chi connectivity index (χ2n) is 3.77. The average Bonchev–Trinajstić information content (AvgIpc) is 2.24. The van der Waals surface area contributed by atoms with Crippen molar-refractivity contribution in [2.24, 2.45) is 0 Å². The fraction of sp³-hybridized carbons (Fsp3) is 0.500. The van der Waals surface area contributed by atoms with Gasteiger partial charge in [-0.1, -0.05) is 24.3 Å². The first-order valence-electron chi connectivity index (χ1n) is 5.21. The minimum absolute atomic E-state index is 0.491. The van der Waals surface area contributed by atoms with Gasteiger partial charge in [-0.3, -0.25) is 0 Å². The summed E-state index contributed by atoms with van der Waals surface area (Å²) in [6, 6.07) is 6.82. The van der Waals surface area contributed by atoms with E-state index in [2.05, 4.69) is 0 Å². The predicted molar refractivity (Wildman–Crippen MR) is 61.3 cm³/mol. The van der Waals surface area contributed by atoms with E-state index < -0.39 is 18.0 Å². The molecule has 0 radical (unpaired) electrons. The molecule has 1 rings (SSSR count). The molecular weight excluding hydrogens is 253 g/mol. The van der Waals surface area contributed by atoms with Crippen molar-refractivity contribution in [3.05, 3.63) is 35.4 Å². The van der Waals surface area contributed by atoms with Gasteiger partial charge in [0.05, 0.1) is 18.4 Å². The van der Waals surface area contributed by atoms with E-state index in [1.807, 2.05) is 0 Å². The Morgan fingerprint density at radius 3 is 2.29 bits per heavy atom. The van der Waals surface area contributed by atoms with E-state index in [9.17, 15) is 13.2 Å². The van der Waals surface area contributed by atoms with Crippen LogP contribution in [0.1, 0.15) is 22.9 Å². The summed E-state index contributed by atoms with van der Waals surface area (Å²) in [5.41, 5.74) is 1.51. The lowest BCUT2D eigenvalue weighted by Crippen LogP contribution is -2.10. The second-order valence-corrected chi connectivity index (χ2v) is 4.30. The Balaban J connectivity index is 2.60. The Morgan fingerprint density at radius 1 is 1.24 bits per heavy atom. The lowest BCUT2D eigenvalue weighted by atomic mass is 10.1. The van der Waals surface area contributed by atoms with Crippen molar-refractivity contribution in [3.8, 4) is 0 Å². The monoisotopic (exact) mass is 266 g/mol. The predicted octanol–water partition coefficient (Wildman–Crippen LogP) is 4.11. The summed E-state index contributed by atoms with van der Waals surface area (Å²) in [4.78, 5) is 0. The van der Waals surface area contributed by atoms with Gasteiger partial charge in [0.1, 0.15) is 0 Å². The summed E-state index contributed by atoms with van der Waals surface area (Å²) in [5, 5.41) is -1.02. The summed E-state index contributed by atoms with van der Waals surface area (Å²) < 4.78 is 41.3. The number of methoxy groups -OCH3 is 1. The van der Waals surface area contributed by atoms with Crippen LogP contribution < -0.4 is 0 Å². The maximum atomic E-state index is 12.1. The molecule has 1 nitrogen and oxygen atoms in total. The van der Waals surface area contributed by atoms with Crippen LogP contribution in [0.15, 0.2) is 24.3 Å². The van der Waals surface area contributed by atoms with Gasteiger partial charge in [-0.25, -0.2) is 0 Å². The van der Waals surface area contributed by atoms with Crippen LogP contribution in [-0.2, 0) is 11.2 Å². The molecule has 0 fully saturated rings. The molecule has 0 N–H and O–H groups in total. The first-order chi connectivity index (χ1) is 7.92. The molecule has 1 aromatic rings. The number of ether oxygens (including phenoxy) is 1. The Labute approximate surface area is 104 Å². The van der Waals surface area contributed by atoms with Crippen molar-refractivity contribution < 1.29 is 17.9 Å². The normalized spacial score (nSPS) is 13.7. The van der Waals surface area contributed by atoms with Crippen LogP contribution >= 0.6 is 11.6 Å². The van der Waals surface area contributed by atoms with Crippen LogP contribution in [0.25, 0.3) is 0 Å². The fourth-order valence-corrected chi connectivity index (χ4v) is 1.75. The first-order valence-corrected chi connectivity index (χ1v) is 5.64. The highest BCUT2D eigenvalue weighted by atomic mass is 35.5. The lowest BCUT2D eigenvalue weighted by molar-refractivity contribution is -0.134. The molecule has 0 saturated heterocycles. The largest absolute Gasteiger partial charge is 0.390 e. The van der Waals surface area contributed by atoms with Crippen molar-refractivity contribution in [3.63, 3.8) is 0 Å². The minimum atomic E-state index is -4.23. The molecule has 1 unspecified atom stereocenters. The lowest BCUT2D eigenvalue weighted by Gasteiger charge is -2.13. The summed E-state index contributed by atoms with van der Waals surface area (Å²) in [6.45, 7) is 0.589. The number of hydrogen-bond donors (Lipinski definition) is 0. The number of benzene rings is 1. The van der Waals surface area contributed by atoms with Crippen LogP contribution in [0.2, 0.25) is 0 Å². The summed E-state index contributed by atoms with van der Waals surface area (Å²) in [7, 11) is 1.60. The molecule has 0 saturated carbocycles. The second kappa shape index (κ2) is 6.26. The van der Waals surface area contributed by atoms with E-state index >= 15 is 0 Å². The summed E-state index contributed by atoms with van der Waals surface area (Å²) in [6.07, 6.45) is -4.50. The van der Waals surface area contributed by atoms with Crippen LogP contribution in [0, 0.1) is 0 Å². The fourth-order valence-electron chi connectivity index (χ4n) is 1.43. The Bertz CT molecular complexity index is 335. The highest BCUT2D eigenvalue weighted by Gasteiger charge is 2.31. The highest BCUT2D eigenvalue weighted by Crippen LogP contribution is 2.33. The van der Waals surface area contributed by atoms with Gasteiger partial charge in [-0.2, -0.15) is 13.2 Å². The zero-order valence-electron chi connectivity index (χ0n) is 9.43. The molecule has 0 aliphatic rings. The Kier molecular flexibility index (Phi) is 5.28. The number of alkyl halides is 4. The molecule has 1 aromatic carbocycles. The number of rotatable bonds is 5. The standard InChI is InChI=1S/C12H14ClF3O/c1-17-7-6-9-2-4-10(5-3-9)11(13)8-12(14,15)16/h2-5,11H,6-8H2,1H3. The Morgan fingerprint density at radius 2 is 1.82 bits per heavy atom. The third kappa shape index (κ3) is 5.41. The first kappa shape index (κ1) is 14.3. The Hall–Kier alpha value is -0.740. The van der Waals surface area contributed by atoms with Crippen molar-refractivity contribution in [2.45, 2.75) is 24.4 Å². The average molecular weight is 267 g/mol. The van der Waals surface area contributed by atoms with Gasteiger partial charge >= 0.3 is 6.18 Å². The van der Waals surface area contributed by atoms with Gasteiger partial charge in [0.25, 0.3) is 0 Å². The van der Waals surface area contributed by atoms with Gasteiger partial charge in [-0.05, 0) is 17.5 Å². The molecular formula is C12H14ClF3O. The van der Waals surface area contributed by atoms with Crippen molar-refractivity contribution in [1.82, 2.24) is 0 Å². The van der Waals surface area contributed by atoms with E-state index in [4.69, 9.17) is 16.3 Å². The van der Waals surface area contributed by atoms with E-state index in [1.54, 1.807) is 31.4 Å². The molecule has 0 aliphatic heterocycles. The minimum Gasteiger partial charge on any atom is -0.384 e. The topological polar surface area (TPSA) is 9.23 Å². The van der Waals surface area contributed by atoms with Crippen LogP contribution in [0.3, 0.4) is 0 Å². The molecule has 96 valence electrons. The zero-order valence-corrected chi connectivity index (χ0v) is 10.2. The molecule has 0 bridgehead atoms. The smallest absolute Gasteiger partial charge is 0.384 e. The van der Waals surface area contributed by atoms with E-state index in [0.717, 1.165) is 12.0 Å². The SMILES string of the molecule is COCCc1ccc(C(Cl)CC(F)(F)F)cc1. The van der Waals surface area contributed by atoms with Crippen LogP contribution in [0.4, 0.5) is 13.2 Å². The van der Waals surface area contributed by atoms with E-state index in [-0.39, 0.29) is 0 Å². The van der Waals surface area contributed by atoms with Gasteiger partial charge in [0, 0.05) is 7.11 Å². The molecule has 0 aliphatic carbocycles. The molecule has 0 heterocycles. The quantitative estimate of drug-likeness (QED) is 0.729. The number of halogens is 4. The number of hydrogen-bond acceptors (Lipinski definition) is 1. The molecule has 1 atom stereocenters.